The summed E-state index contributed by atoms with van der Waals surface area (Å²) in [4.78, 5) is 0. The number of para-hydroxylation sites is 1. The Balaban J connectivity index is 2.28. The van der Waals surface area contributed by atoms with Crippen LogP contribution in [0.2, 0.25) is 10.0 Å². The van der Waals surface area contributed by atoms with Crippen LogP contribution in [0.25, 0.3) is 0 Å². The first-order valence-electron chi connectivity index (χ1n) is 5.68. The lowest BCUT2D eigenvalue weighted by Crippen LogP contribution is -2.15. The third-order valence-electron chi connectivity index (χ3n) is 2.72. The highest BCUT2D eigenvalue weighted by molar-refractivity contribution is 9.10. The fourth-order valence-electron chi connectivity index (χ4n) is 1.77. The molecular weight excluding hydrogens is 349 g/mol. The summed E-state index contributed by atoms with van der Waals surface area (Å²) in [6.45, 7) is -0.0501. The van der Waals surface area contributed by atoms with Crippen LogP contribution in [0.1, 0.15) is 11.6 Å². The van der Waals surface area contributed by atoms with Gasteiger partial charge in [-0.1, -0.05) is 57.3 Å². The molecule has 2 aromatic rings. The van der Waals surface area contributed by atoms with E-state index in [4.69, 9.17) is 23.2 Å². The number of benzene rings is 2. The molecule has 1 unspecified atom stereocenters. The minimum atomic E-state index is -0.258. The van der Waals surface area contributed by atoms with Crippen molar-refractivity contribution in [1.29, 1.82) is 0 Å². The van der Waals surface area contributed by atoms with Crippen molar-refractivity contribution in [3.8, 4) is 0 Å². The van der Waals surface area contributed by atoms with E-state index in [2.05, 4.69) is 21.2 Å². The molecule has 0 aromatic heterocycles. The summed E-state index contributed by atoms with van der Waals surface area (Å²) in [5, 5.41) is 14.0. The number of aliphatic hydroxyl groups excluding tert-OH is 1. The Morgan fingerprint density at radius 1 is 1.16 bits per heavy atom. The lowest BCUT2D eigenvalue weighted by atomic mass is 10.1. The predicted octanol–water partition coefficient (Wildman–Crippen LogP) is 4.90. The van der Waals surface area contributed by atoms with Gasteiger partial charge in [0.15, 0.2) is 0 Å². The largest absolute Gasteiger partial charge is 0.394 e. The molecule has 2 nitrogen and oxygen atoms in total. The number of rotatable bonds is 4. The second-order valence-electron chi connectivity index (χ2n) is 4.03. The van der Waals surface area contributed by atoms with E-state index >= 15 is 0 Å². The van der Waals surface area contributed by atoms with Crippen molar-refractivity contribution in [3.05, 3.63) is 62.5 Å². The van der Waals surface area contributed by atoms with Crippen molar-refractivity contribution in [3.63, 3.8) is 0 Å². The monoisotopic (exact) mass is 359 g/mol. The molecule has 0 bridgehead atoms. The second kappa shape index (κ2) is 6.62. The van der Waals surface area contributed by atoms with E-state index < -0.39 is 0 Å². The maximum absolute atomic E-state index is 9.57. The van der Waals surface area contributed by atoms with Gasteiger partial charge in [0.25, 0.3) is 0 Å². The highest BCUT2D eigenvalue weighted by Gasteiger charge is 2.14. The third-order valence-corrected chi connectivity index (χ3v) is 3.98. The van der Waals surface area contributed by atoms with Crippen LogP contribution in [0.3, 0.4) is 0 Å². The van der Waals surface area contributed by atoms with Gasteiger partial charge in [-0.2, -0.15) is 0 Å². The Hall–Kier alpha value is -0.740. The molecule has 0 aliphatic heterocycles. The van der Waals surface area contributed by atoms with Crippen LogP contribution in [0.15, 0.2) is 46.9 Å². The number of hydrogen-bond acceptors (Lipinski definition) is 2. The van der Waals surface area contributed by atoms with Gasteiger partial charge in [-0.3, -0.25) is 0 Å². The van der Waals surface area contributed by atoms with Crippen molar-refractivity contribution in [1.82, 2.24) is 0 Å². The lowest BCUT2D eigenvalue weighted by Gasteiger charge is -2.20. The van der Waals surface area contributed by atoms with Gasteiger partial charge in [-0.15, -0.1) is 0 Å². The van der Waals surface area contributed by atoms with Crippen LogP contribution in [-0.4, -0.2) is 11.7 Å². The van der Waals surface area contributed by atoms with Crippen LogP contribution in [0.4, 0.5) is 5.69 Å². The summed E-state index contributed by atoms with van der Waals surface area (Å²) in [5.41, 5.74) is 1.71. The minimum absolute atomic E-state index is 0.0501. The first-order chi connectivity index (χ1) is 9.11. The fourth-order valence-corrected chi connectivity index (χ4v) is 2.92. The number of halogens is 3. The second-order valence-corrected chi connectivity index (χ2v) is 5.72. The standard InChI is InChI=1S/C14H12BrCl2NO/c15-11-7-9(16)5-6-10(11)14(8-19)18-13-4-2-1-3-12(13)17/h1-7,14,18-19H,8H2. The van der Waals surface area contributed by atoms with Gasteiger partial charge in [0.1, 0.15) is 0 Å². The van der Waals surface area contributed by atoms with Crippen LogP contribution < -0.4 is 5.32 Å². The molecule has 0 spiro atoms. The van der Waals surface area contributed by atoms with E-state index in [1.807, 2.05) is 24.3 Å². The average molecular weight is 361 g/mol. The zero-order valence-corrected chi connectivity index (χ0v) is 13.0. The molecule has 1 atom stereocenters. The van der Waals surface area contributed by atoms with E-state index in [-0.39, 0.29) is 12.6 Å². The molecule has 0 fully saturated rings. The van der Waals surface area contributed by atoms with E-state index in [0.717, 1.165) is 15.7 Å². The third kappa shape index (κ3) is 3.63. The molecule has 100 valence electrons. The zero-order valence-electron chi connectivity index (χ0n) is 9.91. The first kappa shape index (κ1) is 14.7. The fraction of sp³-hybridized carbons (Fsp3) is 0.143. The highest BCUT2D eigenvalue weighted by Crippen LogP contribution is 2.31. The van der Waals surface area contributed by atoms with Crippen molar-refractivity contribution in [2.45, 2.75) is 6.04 Å². The quantitative estimate of drug-likeness (QED) is 0.812. The molecule has 0 aliphatic carbocycles. The van der Waals surface area contributed by atoms with Gasteiger partial charge in [-0.05, 0) is 29.8 Å². The Morgan fingerprint density at radius 2 is 1.89 bits per heavy atom. The van der Waals surface area contributed by atoms with Crippen molar-refractivity contribution in [2.24, 2.45) is 0 Å². The maximum Gasteiger partial charge on any atom is 0.0756 e. The lowest BCUT2D eigenvalue weighted by molar-refractivity contribution is 0.276. The first-order valence-corrected chi connectivity index (χ1v) is 7.23. The minimum Gasteiger partial charge on any atom is -0.394 e. The van der Waals surface area contributed by atoms with E-state index in [0.29, 0.717) is 10.0 Å². The van der Waals surface area contributed by atoms with Gasteiger partial charge >= 0.3 is 0 Å². The summed E-state index contributed by atoms with van der Waals surface area (Å²) in [6.07, 6.45) is 0. The number of nitrogens with one attached hydrogen (secondary N) is 1. The molecular formula is C14H12BrCl2NO. The van der Waals surface area contributed by atoms with Gasteiger partial charge in [0.2, 0.25) is 0 Å². The molecule has 19 heavy (non-hydrogen) atoms. The van der Waals surface area contributed by atoms with E-state index in [9.17, 15) is 5.11 Å². The Bertz CT molecular complexity index is 577. The molecule has 2 N–H and O–H groups in total. The molecule has 0 heterocycles. The SMILES string of the molecule is OCC(Nc1ccccc1Cl)c1ccc(Cl)cc1Br. The zero-order chi connectivity index (χ0) is 13.8. The topological polar surface area (TPSA) is 32.3 Å². The number of aliphatic hydroxyl groups is 1. The highest BCUT2D eigenvalue weighted by atomic mass is 79.9. The summed E-state index contributed by atoms with van der Waals surface area (Å²) < 4.78 is 0.846. The normalized spacial score (nSPS) is 12.2. The predicted molar refractivity (Wildman–Crippen MR) is 84.1 cm³/mol. The molecule has 0 saturated carbocycles. The molecule has 0 saturated heterocycles. The Labute approximate surface area is 130 Å². The number of anilines is 1. The van der Waals surface area contributed by atoms with Crippen LogP contribution in [0.5, 0.6) is 0 Å². The molecule has 2 rings (SSSR count). The smallest absolute Gasteiger partial charge is 0.0756 e. The van der Waals surface area contributed by atoms with Crippen LogP contribution in [-0.2, 0) is 0 Å². The van der Waals surface area contributed by atoms with Gasteiger partial charge < -0.3 is 10.4 Å². The Morgan fingerprint density at radius 3 is 2.53 bits per heavy atom. The van der Waals surface area contributed by atoms with Crippen molar-refractivity contribution >= 4 is 44.8 Å². The van der Waals surface area contributed by atoms with E-state index in [1.165, 1.54) is 0 Å². The van der Waals surface area contributed by atoms with Crippen molar-refractivity contribution in [2.75, 3.05) is 11.9 Å². The number of hydrogen-bond donors (Lipinski definition) is 2. The van der Waals surface area contributed by atoms with E-state index in [1.54, 1.807) is 18.2 Å². The summed E-state index contributed by atoms with van der Waals surface area (Å²) in [6, 6.07) is 12.6. The maximum atomic E-state index is 9.57. The summed E-state index contributed by atoms with van der Waals surface area (Å²) >= 11 is 15.5. The molecule has 2 aromatic carbocycles. The molecule has 0 amide bonds. The molecule has 0 aliphatic rings. The Kier molecular flexibility index (Phi) is 5.11. The molecule has 0 radical (unpaired) electrons. The van der Waals surface area contributed by atoms with Crippen LogP contribution in [0, 0.1) is 0 Å². The average Bonchev–Trinajstić information content (AvgIpc) is 2.39. The van der Waals surface area contributed by atoms with Crippen molar-refractivity contribution < 1.29 is 5.11 Å². The van der Waals surface area contributed by atoms with Gasteiger partial charge in [0, 0.05) is 9.50 Å². The van der Waals surface area contributed by atoms with Gasteiger partial charge in [0.05, 0.1) is 23.4 Å². The van der Waals surface area contributed by atoms with Gasteiger partial charge in [-0.25, -0.2) is 0 Å². The summed E-state index contributed by atoms with van der Waals surface area (Å²) in [5.74, 6) is 0. The summed E-state index contributed by atoms with van der Waals surface area (Å²) in [7, 11) is 0. The van der Waals surface area contributed by atoms with Crippen LogP contribution >= 0.6 is 39.1 Å². The molecule has 5 heteroatoms.